The summed E-state index contributed by atoms with van der Waals surface area (Å²) in [7, 11) is 4.00. The van der Waals surface area contributed by atoms with Gasteiger partial charge in [0.2, 0.25) is 0 Å². The highest BCUT2D eigenvalue weighted by Crippen LogP contribution is 2.19. The van der Waals surface area contributed by atoms with Crippen LogP contribution >= 0.6 is 35.3 Å². The quantitative estimate of drug-likeness (QED) is 0.271. The van der Waals surface area contributed by atoms with Crippen LogP contribution in [0.5, 0.6) is 0 Å². The molecule has 0 aliphatic heterocycles. The molecule has 162 valence electrons. The monoisotopic (exact) mass is 539 g/mol. The van der Waals surface area contributed by atoms with E-state index in [1.807, 2.05) is 42.7 Å². The van der Waals surface area contributed by atoms with E-state index in [1.54, 1.807) is 11.3 Å². The minimum Gasteiger partial charge on any atom is -0.357 e. The lowest BCUT2D eigenvalue weighted by atomic mass is 10.2. The Morgan fingerprint density at radius 3 is 2.60 bits per heavy atom. The molecule has 7 nitrogen and oxygen atoms in total. The van der Waals surface area contributed by atoms with E-state index in [4.69, 9.17) is 4.99 Å². The number of hydrogen-bond donors (Lipinski definition) is 2. The van der Waals surface area contributed by atoms with Crippen LogP contribution in [0.25, 0.3) is 5.69 Å². The van der Waals surface area contributed by atoms with E-state index in [-0.39, 0.29) is 24.0 Å². The highest BCUT2D eigenvalue weighted by Gasteiger charge is 2.09. The largest absolute Gasteiger partial charge is 0.357 e. The summed E-state index contributed by atoms with van der Waals surface area (Å²) in [5.74, 6) is 0.773. The van der Waals surface area contributed by atoms with E-state index in [2.05, 4.69) is 58.1 Å². The van der Waals surface area contributed by atoms with Gasteiger partial charge >= 0.3 is 0 Å². The Labute approximate surface area is 199 Å². The second-order valence-corrected chi connectivity index (χ2v) is 7.87. The molecule has 2 aromatic heterocycles. The second-order valence-electron chi connectivity index (χ2n) is 7.03. The maximum atomic E-state index is 4.78. The smallest absolute Gasteiger partial charge is 0.191 e. The summed E-state index contributed by atoms with van der Waals surface area (Å²) in [4.78, 5) is 11.4. The van der Waals surface area contributed by atoms with E-state index in [1.165, 1.54) is 0 Å². The summed E-state index contributed by atoms with van der Waals surface area (Å²) in [6.07, 6.45) is 0. The number of nitrogens with one attached hydrogen (secondary N) is 2. The molecule has 0 unspecified atom stereocenters. The zero-order valence-electron chi connectivity index (χ0n) is 18.1. The van der Waals surface area contributed by atoms with E-state index in [9.17, 15) is 0 Å². The van der Waals surface area contributed by atoms with E-state index in [0.29, 0.717) is 13.1 Å². The normalized spacial score (nSPS) is 11.2. The Hall–Kier alpha value is -2.14. The van der Waals surface area contributed by atoms with Gasteiger partial charge in [-0.25, -0.2) is 14.7 Å². The number of aliphatic imine (C=N–C) groups is 1. The topological polar surface area (TPSA) is 70.4 Å². The van der Waals surface area contributed by atoms with E-state index < -0.39 is 0 Å². The van der Waals surface area contributed by atoms with Gasteiger partial charge in [-0.2, -0.15) is 5.10 Å². The molecule has 0 saturated heterocycles. The molecule has 2 heterocycles. The minimum atomic E-state index is 0. The predicted octanol–water partition coefficient (Wildman–Crippen LogP) is 3.88. The van der Waals surface area contributed by atoms with Gasteiger partial charge in [-0.15, -0.1) is 35.3 Å². The van der Waals surface area contributed by atoms with Crippen LogP contribution in [0.2, 0.25) is 0 Å². The van der Waals surface area contributed by atoms with Crippen molar-refractivity contribution in [3.05, 3.63) is 58.4 Å². The van der Waals surface area contributed by atoms with Crippen molar-refractivity contribution in [2.24, 2.45) is 4.99 Å². The minimum absolute atomic E-state index is 0. The third kappa shape index (κ3) is 6.18. The summed E-state index contributed by atoms with van der Waals surface area (Å²) in [6.45, 7) is 8.14. The Morgan fingerprint density at radius 2 is 1.97 bits per heavy atom. The maximum absolute atomic E-state index is 4.78. The molecule has 0 spiro atoms. The van der Waals surface area contributed by atoms with Gasteiger partial charge in [-0.1, -0.05) is 18.2 Å². The Bertz CT molecular complexity index is 977. The fraction of sp³-hybridized carbons (Fsp3) is 0.381. The van der Waals surface area contributed by atoms with Gasteiger partial charge in [0, 0.05) is 31.7 Å². The number of thiazole rings is 1. The van der Waals surface area contributed by atoms with Gasteiger partial charge in [-0.05, 0) is 38.5 Å². The molecular formula is C21H30IN7S. The zero-order valence-corrected chi connectivity index (χ0v) is 21.3. The Balaban J connectivity index is 0.00000320. The SMILES string of the molecule is CCNC(=NCc1ccccc1-n1nc(C)cc1C)NCc1csc(N(C)C)n1.I. The highest BCUT2D eigenvalue weighted by molar-refractivity contribution is 14.0. The summed E-state index contributed by atoms with van der Waals surface area (Å²) in [5, 5.41) is 14.4. The highest BCUT2D eigenvalue weighted by atomic mass is 127. The van der Waals surface area contributed by atoms with Gasteiger partial charge in [0.25, 0.3) is 0 Å². The lowest BCUT2D eigenvalue weighted by Gasteiger charge is -2.13. The molecule has 0 radical (unpaired) electrons. The van der Waals surface area contributed by atoms with Crippen LogP contribution in [-0.4, -0.2) is 41.4 Å². The first-order valence-corrected chi connectivity index (χ1v) is 10.6. The Kier molecular flexibility index (Phi) is 9.09. The van der Waals surface area contributed by atoms with Crippen LogP contribution in [0.15, 0.2) is 40.7 Å². The summed E-state index contributed by atoms with van der Waals surface area (Å²) in [5.41, 5.74) is 5.32. The number of hydrogen-bond acceptors (Lipinski definition) is 5. The first kappa shape index (κ1) is 24.1. The number of nitrogens with zero attached hydrogens (tertiary/aromatic N) is 5. The lowest BCUT2D eigenvalue weighted by Crippen LogP contribution is -2.36. The molecule has 0 bridgehead atoms. The molecule has 0 atom stereocenters. The molecule has 0 fully saturated rings. The number of guanidine groups is 1. The molecule has 30 heavy (non-hydrogen) atoms. The summed E-state index contributed by atoms with van der Waals surface area (Å²) < 4.78 is 1.98. The third-order valence-corrected chi connectivity index (χ3v) is 5.40. The van der Waals surface area contributed by atoms with Crippen LogP contribution in [-0.2, 0) is 13.1 Å². The standard InChI is InChI=1S/C21H29N7S.HI/c1-6-22-20(24-13-18-14-29-21(25-18)27(4)5)23-12-17-9-7-8-10-19(17)28-16(3)11-15(2)26-28;/h7-11,14H,6,12-13H2,1-5H3,(H2,22,23,24);1H. The molecule has 2 N–H and O–H groups in total. The molecule has 1 aromatic carbocycles. The van der Waals surface area contributed by atoms with E-state index >= 15 is 0 Å². The molecule has 9 heteroatoms. The zero-order chi connectivity index (χ0) is 20.8. The number of anilines is 1. The lowest BCUT2D eigenvalue weighted by molar-refractivity contribution is 0.793. The molecule has 0 aliphatic rings. The summed E-state index contributed by atoms with van der Waals surface area (Å²) >= 11 is 1.64. The fourth-order valence-electron chi connectivity index (χ4n) is 2.99. The third-order valence-electron chi connectivity index (χ3n) is 4.34. The van der Waals surface area contributed by atoms with Crippen molar-refractivity contribution in [2.75, 3.05) is 25.5 Å². The van der Waals surface area contributed by atoms with Crippen LogP contribution in [0.1, 0.15) is 29.6 Å². The van der Waals surface area contributed by atoms with Gasteiger partial charge in [-0.3, -0.25) is 0 Å². The van der Waals surface area contributed by atoms with Gasteiger partial charge in [0.05, 0.1) is 30.2 Å². The van der Waals surface area contributed by atoms with Crippen molar-refractivity contribution in [3.8, 4) is 5.69 Å². The van der Waals surface area contributed by atoms with E-state index in [0.717, 1.165) is 46.0 Å². The average molecular weight is 539 g/mol. The van der Waals surface area contributed by atoms with Crippen molar-refractivity contribution < 1.29 is 0 Å². The molecular weight excluding hydrogens is 509 g/mol. The van der Waals surface area contributed by atoms with Gasteiger partial charge in [0.15, 0.2) is 11.1 Å². The predicted molar refractivity (Wildman–Crippen MR) is 137 cm³/mol. The summed E-state index contributed by atoms with van der Waals surface area (Å²) in [6, 6.07) is 10.3. The van der Waals surface area contributed by atoms with Gasteiger partial charge < -0.3 is 15.5 Å². The maximum Gasteiger partial charge on any atom is 0.191 e. The first-order chi connectivity index (χ1) is 14.0. The van der Waals surface area contributed by atoms with Crippen LogP contribution < -0.4 is 15.5 Å². The second kappa shape index (κ2) is 11.3. The fourth-order valence-corrected chi connectivity index (χ4v) is 3.75. The number of rotatable bonds is 7. The molecule has 3 aromatic rings. The molecule has 0 aliphatic carbocycles. The van der Waals surface area contributed by atoms with Crippen molar-refractivity contribution in [3.63, 3.8) is 0 Å². The molecule has 0 saturated carbocycles. The number of para-hydroxylation sites is 1. The number of aryl methyl sites for hydroxylation is 2. The Morgan fingerprint density at radius 1 is 1.20 bits per heavy atom. The van der Waals surface area contributed by atoms with Crippen molar-refractivity contribution >= 4 is 46.4 Å². The van der Waals surface area contributed by atoms with Gasteiger partial charge in [0.1, 0.15) is 0 Å². The van der Waals surface area contributed by atoms with Crippen LogP contribution in [0, 0.1) is 13.8 Å². The molecule has 3 rings (SSSR count). The van der Waals surface area contributed by atoms with Crippen molar-refractivity contribution in [1.82, 2.24) is 25.4 Å². The van der Waals surface area contributed by atoms with Crippen molar-refractivity contribution in [1.29, 1.82) is 0 Å². The average Bonchev–Trinajstić information content (AvgIpc) is 3.30. The van der Waals surface area contributed by atoms with Crippen LogP contribution in [0.4, 0.5) is 5.13 Å². The first-order valence-electron chi connectivity index (χ1n) is 9.73. The number of halogens is 1. The number of aromatic nitrogens is 3. The number of benzene rings is 1. The molecule has 0 amide bonds. The van der Waals surface area contributed by atoms with Crippen LogP contribution in [0.3, 0.4) is 0 Å². The van der Waals surface area contributed by atoms with Crippen molar-refractivity contribution in [2.45, 2.75) is 33.9 Å².